The molecular weight excluding hydrogens is 493 g/mol. The fraction of sp³-hybridized carbons (Fsp3) is 0.286. The summed E-state index contributed by atoms with van der Waals surface area (Å²) in [5, 5.41) is 5.76. The molecule has 37 heavy (non-hydrogen) atoms. The van der Waals surface area contributed by atoms with Gasteiger partial charge >= 0.3 is 11.9 Å². The van der Waals surface area contributed by atoms with Crippen LogP contribution in [0, 0.1) is 11.7 Å². The van der Waals surface area contributed by atoms with Gasteiger partial charge in [0.05, 0.1) is 24.5 Å². The van der Waals surface area contributed by atoms with Crippen molar-refractivity contribution in [1.29, 1.82) is 0 Å². The molecule has 192 valence electrons. The van der Waals surface area contributed by atoms with Gasteiger partial charge in [-0.15, -0.1) is 11.3 Å². The van der Waals surface area contributed by atoms with Gasteiger partial charge in [-0.2, -0.15) is 0 Å². The lowest BCUT2D eigenvalue weighted by Crippen LogP contribution is -2.36. The van der Waals surface area contributed by atoms with Crippen LogP contribution in [0.25, 0.3) is 11.3 Å². The Kier molecular flexibility index (Phi) is 8.13. The van der Waals surface area contributed by atoms with Gasteiger partial charge in [0.15, 0.2) is 5.13 Å². The van der Waals surface area contributed by atoms with Crippen LogP contribution in [-0.2, 0) is 19.1 Å². The zero-order chi connectivity index (χ0) is 26.5. The van der Waals surface area contributed by atoms with E-state index in [0.29, 0.717) is 33.4 Å². The number of hydrogen-bond donors (Lipinski definition) is 1. The van der Waals surface area contributed by atoms with Gasteiger partial charge in [-0.05, 0) is 57.5 Å². The summed E-state index contributed by atoms with van der Waals surface area (Å²) in [6, 6.07) is 13.7. The topological polar surface area (TPSA) is 89.9 Å². The molecule has 0 spiro atoms. The highest BCUT2D eigenvalue weighted by Gasteiger charge is 2.42. The lowest BCUT2D eigenvalue weighted by atomic mass is 9.75. The monoisotopic (exact) mass is 521 g/mol. The molecule has 2 atom stereocenters. The van der Waals surface area contributed by atoms with E-state index in [1.807, 2.05) is 29.6 Å². The Morgan fingerprint density at radius 2 is 1.81 bits per heavy atom. The minimum Gasteiger partial charge on any atom is -0.465 e. The van der Waals surface area contributed by atoms with Crippen LogP contribution < -0.4 is 5.32 Å². The number of nitrogens with zero attached hydrogens (tertiary/aromatic N) is 2. The highest BCUT2D eigenvalue weighted by molar-refractivity contribution is 7.14. The first-order valence-corrected chi connectivity index (χ1v) is 12.9. The SMILES string of the molecule is CCOC(=O)C1=C(C)N=C(C)C(C(=O)OCC)C1c1cccc(Nc2nc(-c3cccc(F)c3)cs2)c1. The number of aromatic nitrogens is 1. The van der Waals surface area contributed by atoms with E-state index in [-0.39, 0.29) is 19.0 Å². The standard InChI is InChI=1S/C28H28FN3O4S/c1-5-35-26(33)23-16(3)30-17(4)24(27(34)36-6-2)25(23)19-10-8-12-21(14-19)31-28-32-22(15-37-28)18-9-7-11-20(29)13-18/h7-15,23,25H,5-6H2,1-4H3,(H,31,32). The molecule has 2 unspecified atom stereocenters. The summed E-state index contributed by atoms with van der Waals surface area (Å²) in [7, 11) is 0. The average molecular weight is 522 g/mol. The second kappa shape index (κ2) is 11.5. The lowest BCUT2D eigenvalue weighted by molar-refractivity contribution is -0.146. The normalized spacial score (nSPS) is 17.3. The Balaban J connectivity index is 1.69. The number of aliphatic imine (C=N–C) groups is 1. The number of thiazole rings is 1. The molecule has 2 aromatic carbocycles. The molecule has 0 bridgehead atoms. The van der Waals surface area contributed by atoms with E-state index in [1.54, 1.807) is 39.8 Å². The number of hydrogen-bond acceptors (Lipinski definition) is 8. The Morgan fingerprint density at radius 1 is 1.05 bits per heavy atom. The number of benzene rings is 2. The van der Waals surface area contributed by atoms with Gasteiger partial charge in [-0.25, -0.2) is 14.2 Å². The van der Waals surface area contributed by atoms with Crippen molar-refractivity contribution in [3.8, 4) is 11.3 Å². The van der Waals surface area contributed by atoms with Gasteiger partial charge in [0.2, 0.25) is 0 Å². The quantitative estimate of drug-likeness (QED) is 0.352. The zero-order valence-corrected chi connectivity index (χ0v) is 21.9. The maximum Gasteiger partial charge on any atom is 0.336 e. The summed E-state index contributed by atoms with van der Waals surface area (Å²) in [4.78, 5) is 35.1. The summed E-state index contributed by atoms with van der Waals surface area (Å²) in [6.45, 7) is 7.41. The van der Waals surface area contributed by atoms with Gasteiger partial charge in [0.1, 0.15) is 11.7 Å². The van der Waals surface area contributed by atoms with Crippen molar-refractivity contribution >= 4 is 39.8 Å². The van der Waals surface area contributed by atoms with Crippen LogP contribution in [0.2, 0.25) is 0 Å². The van der Waals surface area contributed by atoms with E-state index in [2.05, 4.69) is 15.3 Å². The Morgan fingerprint density at radius 3 is 2.54 bits per heavy atom. The highest BCUT2D eigenvalue weighted by atomic mass is 32.1. The second-order valence-electron chi connectivity index (χ2n) is 8.48. The molecule has 1 aromatic heterocycles. The first-order valence-electron chi connectivity index (χ1n) is 12.0. The molecule has 0 amide bonds. The Hall–Kier alpha value is -3.85. The van der Waals surface area contributed by atoms with E-state index in [9.17, 15) is 14.0 Å². The molecule has 2 heterocycles. The molecule has 0 fully saturated rings. The third-order valence-corrected chi connectivity index (χ3v) is 6.74. The molecule has 1 N–H and O–H groups in total. The Labute approximate surface area is 219 Å². The van der Waals surface area contributed by atoms with Crippen LogP contribution in [0.3, 0.4) is 0 Å². The molecule has 3 aromatic rings. The van der Waals surface area contributed by atoms with Crippen molar-refractivity contribution in [3.05, 3.63) is 76.6 Å². The van der Waals surface area contributed by atoms with Crippen LogP contribution in [0.4, 0.5) is 15.2 Å². The van der Waals surface area contributed by atoms with Gasteiger partial charge in [0, 0.05) is 34.0 Å². The summed E-state index contributed by atoms with van der Waals surface area (Å²) in [5.74, 6) is -2.67. The van der Waals surface area contributed by atoms with Crippen molar-refractivity contribution in [2.24, 2.45) is 10.9 Å². The summed E-state index contributed by atoms with van der Waals surface area (Å²) < 4.78 is 24.3. The maximum absolute atomic E-state index is 13.6. The minimum atomic E-state index is -0.766. The number of anilines is 2. The number of allylic oxidation sites excluding steroid dienone is 1. The molecule has 1 aliphatic rings. The third kappa shape index (κ3) is 5.77. The van der Waals surface area contributed by atoms with Gasteiger partial charge in [0.25, 0.3) is 0 Å². The molecule has 4 rings (SSSR count). The Bertz CT molecular complexity index is 1380. The molecule has 0 aliphatic carbocycles. The van der Waals surface area contributed by atoms with Crippen LogP contribution in [0.15, 0.2) is 70.2 Å². The zero-order valence-electron chi connectivity index (χ0n) is 21.1. The van der Waals surface area contributed by atoms with E-state index in [1.165, 1.54) is 23.5 Å². The van der Waals surface area contributed by atoms with Crippen LogP contribution in [0.1, 0.15) is 39.2 Å². The molecular formula is C28H28FN3O4S. The molecule has 7 nitrogen and oxygen atoms in total. The molecule has 0 saturated heterocycles. The maximum atomic E-state index is 13.6. The number of carbonyl (C=O) groups excluding carboxylic acids is 2. The van der Waals surface area contributed by atoms with Crippen molar-refractivity contribution in [2.45, 2.75) is 33.6 Å². The van der Waals surface area contributed by atoms with E-state index < -0.39 is 23.8 Å². The number of esters is 2. The molecule has 0 saturated carbocycles. The average Bonchev–Trinajstić information content (AvgIpc) is 3.32. The second-order valence-corrected chi connectivity index (χ2v) is 9.34. The van der Waals surface area contributed by atoms with Crippen LogP contribution in [-0.4, -0.2) is 35.8 Å². The third-order valence-electron chi connectivity index (χ3n) is 5.99. The van der Waals surface area contributed by atoms with Crippen LogP contribution >= 0.6 is 11.3 Å². The van der Waals surface area contributed by atoms with Crippen molar-refractivity contribution in [1.82, 2.24) is 4.98 Å². The molecule has 1 aliphatic heterocycles. The first kappa shape index (κ1) is 26.2. The van der Waals surface area contributed by atoms with Crippen molar-refractivity contribution < 1.29 is 23.5 Å². The highest BCUT2D eigenvalue weighted by Crippen LogP contribution is 2.41. The lowest BCUT2D eigenvalue weighted by Gasteiger charge is -2.31. The number of carbonyl (C=O) groups is 2. The predicted molar refractivity (Wildman–Crippen MR) is 143 cm³/mol. The van der Waals surface area contributed by atoms with Gasteiger partial charge < -0.3 is 14.8 Å². The van der Waals surface area contributed by atoms with Crippen molar-refractivity contribution in [2.75, 3.05) is 18.5 Å². The van der Waals surface area contributed by atoms with E-state index >= 15 is 0 Å². The predicted octanol–water partition coefficient (Wildman–Crippen LogP) is 6.27. The molecule has 0 radical (unpaired) electrons. The smallest absolute Gasteiger partial charge is 0.336 e. The van der Waals surface area contributed by atoms with E-state index in [0.717, 1.165) is 11.3 Å². The minimum absolute atomic E-state index is 0.203. The first-order chi connectivity index (χ1) is 17.8. The summed E-state index contributed by atoms with van der Waals surface area (Å²) in [5.41, 5.74) is 4.24. The van der Waals surface area contributed by atoms with E-state index in [4.69, 9.17) is 9.47 Å². The number of ether oxygens (including phenoxy) is 2. The number of halogens is 1. The summed E-state index contributed by atoms with van der Waals surface area (Å²) in [6.07, 6.45) is 0. The van der Waals surface area contributed by atoms with Crippen molar-refractivity contribution in [3.63, 3.8) is 0 Å². The number of rotatable bonds is 8. The number of nitrogens with one attached hydrogen (secondary N) is 1. The van der Waals surface area contributed by atoms with Gasteiger partial charge in [-0.3, -0.25) is 9.79 Å². The fourth-order valence-electron chi connectivity index (χ4n) is 4.45. The summed E-state index contributed by atoms with van der Waals surface area (Å²) >= 11 is 1.39. The van der Waals surface area contributed by atoms with Gasteiger partial charge in [-0.1, -0.05) is 24.3 Å². The molecule has 9 heteroatoms. The fourth-order valence-corrected chi connectivity index (χ4v) is 5.19. The largest absolute Gasteiger partial charge is 0.465 e. The van der Waals surface area contributed by atoms with Crippen LogP contribution in [0.5, 0.6) is 0 Å².